The van der Waals surface area contributed by atoms with Crippen molar-refractivity contribution in [1.29, 1.82) is 0 Å². The molecule has 0 atom stereocenters. The van der Waals surface area contributed by atoms with Crippen LogP contribution in [0.25, 0.3) is 0 Å². The zero-order chi connectivity index (χ0) is 12.8. The SMILES string of the molecule is CCCC1COCOC1.CCOc1cc2ccc1=2. The van der Waals surface area contributed by atoms with Crippen molar-refractivity contribution in [3.63, 3.8) is 0 Å². The molecule has 0 unspecified atom stereocenters. The van der Waals surface area contributed by atoms with E-state index in [1.807, 2.05) is 6.92 Å². The van der Waals surface area contributed by atoms with Gasteiger partial charge in [-0.3, -0.25) is 0 Å². The van der Waals surface area contributed by atoms with Crippen molar-refractivity contribution in [3.8, 4) is 5.75 Å². The van der Waals surface area contributed by atoms with Gasteiger partial charge in [-0.15, -0.1) is 0 Å². The van der Waals surface area contributed by atoms with E-state index in [-0.39, 0.29) is 0 Å². The number of hydrogen-bond acceptors (Lipinski definition) is 3. The average Bonchev–Trinajstić information content (AvgIpc) is 2.38. The Morgan fingerprint density at radius 1 is 1.22 bits per heavy atom. The van der Waals surface area contributed by atoms with E-state index in [0.29, 0.717) is 12.7 Å². The zero-order valence-corrected chi connectivity index (χ0v) is 11.3. The van der Waals surface area contributed by atoms with E-state index < -0.39 is 0 Å². The van der Waals surface area contributed by atoms with Crippen LogP contribution < -0.4 is 4.74 Å². The molecular weight excluding hydrogens is 228 g/mol. The lowest BCUT2D eigenvalue weighted by atomic mass is 10.1. The largest absolute Gasteiger partial charge is 0.493 e. The van der Waals surface area contributed by atoms with Gasteiger partial charge in [-0.25, -0.2) is 0 Å². The van der Waals surface area contributed by atoms with Gasteiger partial charge in [-0.2, -0.15) is 0 Å². The summed E-state index contributed by atoms with van der Waals surface area (Å²) >= 11 is 0. The van der Waals surface area contributed by atoms with Gasteiger partial charge in [-0.05, 0) is 24.6 Å². The van der Waals surface area contributed by atoms with E-state index >= 15 is 0 Å². The Hall–Kier alpha value is -1.06. The first-order valence-electron chi connectivity index (χ1n) is 6.77. The third-order valence-corrected chi connectivity index (χ3v) is 3.16. The van der Waals surface area contributed by atoms with E-state index in [1.165, 1.54) is 23.3 Å². The van der Waals surface area contributed by atoms with Crippen LogP contribution in [-0.4, -0.2) is 26.6 Å². The fraction of sp³-hybridized carbons (Fsp3) is 0.600. The standard InChI is InChI=1S/C8H8O.C7H14O2/c1-2-9-8-5-6-3-4-7(6)8;1-2-3-7-4-8-6-9-5-7/h3-5H,2H2,1H3;7H,2-6H2,1H3. The molecule has 0 saturated carbocycles. The Kier molecular flexibility index (Phi) is 5.02. The summed E-state index contributed by atoms with van der Waals surface area (Å²) in [6.07, 6.45) is 2.47. The predicted molar refractivity (Wildman–Crippen MR) is 70.5 cm³/mol. The van der Waals surface area contributed by atoms with Gasteiger partial charge in [0.25, 0.3) is 0 Å². The van der Waals surface area contributed by atoms with Gasteiger partial charge in [0, 0.05) is 11.1 Å². The summed E-state index contributed by atoms with van der Waals surface area (Å²) in [6.45, 7) is 7.26. The van der Waals surface area contributed by atoms with E-state index in [1.54, 1.807) is 0 Å². The van der Waals surface area contributed by atoms with Crippen LogP contribution in [0.5, 0.6) is 5.75 Å². The molecule has 0 spiro atoms. The normalized spacial score (nSPS) is 16.8. The molecule has 0 N–H and O–H groups in total. The Labute approximate surface area is 108 Å². The quantitative estimate of drug-likeness (QED) is 0.834. The van der Waals surface area contributed by atoms with Crippen LogP contribution in [0, 0.1) is 16.4 Å². The molecular formula is C15H22O3. The molecule has 0 aromatic heterocycles. The molecule has 18 heavy (non-hydrogen) atoms. The third kappa shape index (κ3) is 3.24. The number of ether oxygens (including phenoxy) is 3. The molecule has 1 aliphatic heterocycles. The maximum atomic E-state index is 5.26. The lowest BCUT2D eigenvalue weighted by molar-refractivity contribution is -0.127. The molecule has 3 nitrogen and oxygen atoms in total. The minimum Gasteiger partial charge on any atom is -0.493 e. The molecule has 0 bridgehead atoms. The third-order valence-electron chi connectivity index (χ3n) is 3.16. The highest BCUT2D eigenvalue weighted by Gasteiger charge is 2.12. The van der Waals surface area contributed by atoms with Crippen LogP contribution >= 0.6 is 0 Å². The van der Waals surface area contributed by atoms with Crippen molar-refractivity contribution in [2.24, 2.45) is 5.92 Å². The monoisotopic (exact) mass is 250 g/mol. The molecule has 3 heteroatoms. The molecule has 100 valence electrons. The molecule has 0 aromatic rings. The molecule has 1 heterocycles. The number of rotatable bonds is 4. The highest BCUT2D eigenvalue weighted by molar-refractivity contribution is 5.38. The van der Waals surface area contributed by atoms with E-state index in [9.17, 15) is 0 Å². The van der Waals surface area contributed by atoms with Crippen molar-refractivity contribution in [2.75, 3.05) is 26.6 Å². The van der Waals surface area contributed by atoms with Gasteiger partial charge >= 0.3 is 0 Å². The molecule has 1 saturated heterocycles. The fourth-order valence-electron chi connectivity index (χ4n) is 2.14. The predicted octanol–water partition coefficient (Wildman–Crippen LogP) is 3.09. The number of benzene rings is 1. The molecule has 0 radical (unpaired) electrons. The summed E-state index contributed by atoms with van der Waals surface area (Å²) in [6, 6.07) is 6.25. The minimum absolute atomic E-state index is 0.500. The Morgan fingerprint density at radius 3 is 2.44 bits per heavy atom. The second-order valence-electron chi connectivity index (χ2n) is 4.66. The molecule has 0 amide bonds. The highest BCUT2D eigenvalue weighted by Crippen LogP contribution is 2.23. The lowest BCUT2D eigenvalue weighted by Crippen LogP contribution is -2.23. The van der Waals surface area contributed by atoms with Crippen LogP contribution in [0.2, 0.25) is 0 Å². The summed E-state index contributed by atoms with van der Waals surface area (Å²) in [5.74, 6) is 1.72. The van der Waals surface area contributed by atoms with Crippen molar-refractivity contribution in [1.82, 2.24) is 0 Å². The van der Waals surface area contributed by atoms with E-state index in [0.717, 1.165) is 25.6 Å². The van der Waals surface area contributed by atoms with Crippen LogP contribution in [0.1, 0.15) is 26.7 Å². The summed E-state index contributed by atoms with van der Waals surface area (Å²) < 4.78 is 15.5. The Balaban J connectivity index is 0.000000134. The zero-order valence-electron chi connectivity index (χ0n) is 11.3. The smallest absolute Gasteiger partial charge is 0.146 e. The van der Waals surface area contributed by atoms with Gasteiger partial charge in [-0.1, -0.05) is 25.5 Å². The van der Waals surface area contributed by atoms with Crippen LogP contribution in [0.15, 0.2) is 18.2 Å². The van der Waals surface area contributed by atoms with Crippen molar-refractivity contribution in [3.05, 3.63) is 28.6 Å². The Morgan fingerprint density at radius 2 is 2.00 bits per heavy atom. The van der Waals surface area contributed by atoms with Crippen molar-refractivity contribution in [2.45, 2.75) is 26.7 Å². The maximum absolute atomic E-state index is 5.26. The maximum Gasteiger partial charge on any atom is 0.146 e. The van der Waals surface area contributed by atoms with Gasteiger partial charge in [0.2, 0.25) is 0 Å². The average molecular weight is 250 g/mol. The van der Waals surface area contributed by atoms with Crippen LogP contribution in [0.4, 0.5) is 0 Å². The lowest BCUT2D eigenvalue weighted by Gasteiger charge is -2.21. The fourth-order valence-corrected chi connectivity index (χ4v) is 2.14. The van der Waals surface area contributed by atoms with E-state index in [4.69, 9.17) is 14.2 Å². The number of hydrogen-bond donors (Lipinski definition) is 0. The topological polar surface area (TPSA) is 27.7 Å². The van der Waals surface area contributed by atoms with Gasteiger partial charge in [0.05, 0.1) is 19.8 Å². The van der Waals surface area contributed by atoms with Crippen molar-refractivity contribution >= 4 is 0 Å². The summed E-state index contributed by atoms with van der Waals surface area (Å²) in [4.78, 5) is 0. The summed E-state index contributed by atoms with van der Waals surface area (Å²) in [5, 5.41) is 2.65. The molecule has 3 rings (SSSR count). The van der Waals surface area contributed by atoms with Gasteiger partial charge in [0.1, 0.15) is 12.5 Å². The minimum atomic E-state index is 0.500. The van der Waals surface area contributed by atoms with Crippen molar-refractivity contribution < 1.29 is 14.2 Å². The molecule has 1 fully saturated rings. The van der Waals surface area contributed by atoms with Gasteiger partial charge in [0.15, 0.2) is 0 Å². The highest BCUT2D eigenvalue weighted by atomic mass is 16.7. The molecule has 3 aliphatic rings. The second-order valence-corrected chi connectivity index (χ2v) is 4.66. The van der Waals surface area contributed by atoms with Crippen LogP contribution in [-0.2, 0) is 9.47 Å². The first kappa shape index (κ1) is 13.4. The Bertz CT molecular complexity index is 447. The first-order valence-corrected chi connectivity index (χ1v) is 6.77. The molecule has 0 aromatic carbocycles. The van der Waals surface area contributed by atoms with Crippen LogP contribution in [0.3, 0.4) is 0 Å². The first-order chi connectivity index (χ1) is 8.85. The molecule has 2 aliphatic carbocycles. The van der Waals surface area contributed by atoms with E-state index in [2.05, 4.69) is 25.1 Å². The summed E-state index contributed by atoms with van der Waals surface area (Å²) in [7, 11) is 0. The summed E-state index contributed by atoms with van der Waals surface area (Å²) in [5.41, 5.74) is 0. The van der Waals surface area contributed by atoms with Gasteiger partial charge < -0.3 is 14.2 Å². The second kappa shape index (κ2) is 6.76.